The van der Waals surface area contributed by atoms with Crippen LogP contribution in [0.5, 0.6) is 11.5 Å². The van der Waals surface area contributed by atoms with Crippen molar-refractivity contribution in [2.45, 2.75) is 6.92 Å². The molecule has 0 aliphatic heterocycles. The number of para-hydroxylation sites is 1. The Bertz CT molecular complexity index is 663. The summed E-state index contributed by atoms with van der Waals surface area (Å²) < 4.78 is 5.23. The molecule has 2 heteroatoms. The number of ether oxygens (including phenoxy) is 1. The highest BCUT2D eigenvalue weighted by molar-refractivity contribution is 5.88. The fourth-order valence-electron chi connectivity index (χ4n) is 1.94. The highest BCUT2D eigenvalue weighted by Gasteiger charge is 1.97. The van der Waals surface area contributed by atoms with Crippen LogP contribution < -0.4 is 4.74 Å². The number of hydrogen-bond donors (Lipinski definition) is 1. The van der Waals surface area contributed by atoms with Crippen LogP contribution in [-0.4, -0.2) is 12.2 Å². The van der Waals surface area contributed by atoms with E-state index in [2.05, 4.69) is 18.2 Å². The summed E-state index contributed by atoms with van der Waals surface area (Å²) in [5.74, 6) is 1.31. The lowest BCUT2D eigenvalue weighted by Crippen LogP contribution is -1.83. The van der Waals surface area contributed by atoms with Crippen molar-refractivity contribution >= 4 is 10.8 Å². The Balaban J connectivity index is 0.000000160. The second kappa shape index (κ2) is 6.62. The molecule has 3 aromatic rings. The number of phenolic OH excluding ortho intramolecular Hbond substituents is 1. The van der Waals surface area contributed by atoms with Crippen LogP contribution in [0.4, 0.5) is 0 Å². The first-order chi connectivity index (χ1) is 9.72. The standard InChI is InChI=1S/C11H10O.C7H8O/c1-12-11-8-4-6-9-5-2-3-7-10(9)11;1-6-4-2-3-5-7(6)8/h2-8H,1H3;2-5,8H,1H3. The second-order valence-corrected chi connectivity index (χ2v) is 4.47. The minimum atomic E-state index is 0.368. The molecule has 3 rings (SSSR count). The van der Waals surface area contributed by atoms with Gasteiger partial charge in [0.15, 0.2) is 0 Å². The molecular formula is C18H18O2. The molecule has 0 aliphatic rings. The van der Waals surface area contributed by atoms with Crippen LogP contribution in [0, 0.1) is 6.92 Å². The average Bonchev–Trinajstić information content (AvgIpc) is 2.50. The highest BCUT2D eigenvalue weighted by Crippen LogP contribution is 2.24. The van der Waals surface area contributed by atoms with Crippen LogP contribution in [-0.2, 0) is 0 Å². The molecule has 1 N–H and O–H groups in total. The van der Waals surface area contributed by atoms with E-state index in [-0.39, 0.29) is 0 Å². The number of phenols is 1. The van der Waals surface area contributed by atoms with Gasteiger partial charge < -0.3 is 9.84 Å². The molecule has 0 saturated heterocycles. The molecule has 102 valence electrons. The summed E-state index contributed by atoms with van der Waals surface area (Å²) in [6.07, 6.45) is 0. The maximum atomic E-state index is 8.92. The molecule has 3 aromatic carbocycles. The van der Waals surface area contributed by atoms with Crippen molar-refractivity contribution in [1.29, 1.82) is 0 Å². The predicted molar refractivity (Wildman–Crippen MR) is 83.3 cm³/mol. The molecule has 0 radical (unpaired) electrons. The van der Waals surface area contributed by atoms with E-state index in [9.17, 15) is 0 Å². The van der Waals surface area contributed by atoms with E-state index >= 15 is 0 Å². The maximum Gasteiger partial charge on any atom is 0.126 e. The van der Waals surface area contributed by atoms with E-state index < -0.39 is 0 Å². The Morgan fingerprint density at radius 1 is 0.800 bits per heavy atom. The summed E-state index contributed by atoms with van der Waals surface area (Å²) in [6, 6.07) is 21.5. The van der Waals surface area contributed by atoms with Gasteiger partial charge in [0.2, 0.25) is 0 Å². The smallest absolute Gasteiger partial charge is 0.126 e. The first kappa shape index (κ1) is 13.9. The molecule has 0 heterocycles. The van der Waals surface area contributed by atoms with Crippen molar-refractivity contribution in [3.8, 4) is 11.5 Å². The molecule has 0 saturated carbocycles. The number of aryl methyl sites for hydroxylation is 1. The minimum absolute atomic E-state index is 0.368. The lowest BCUT2D eigenvalue weighted by molar-refractivity contribution is 0.420. The topological polar surface area (TPSA) is 29.5 Å². The summed E-state index contributed by atoms with van der Waals surface area (Å²) in [5.41, 5.74) is 0.924. The van der Waals surface area contributed by atoms with E-state index in [1.165, 1.54) is 10.8 Å². The van der Waals surface area contributed by atoms with Gasteiger partial charge in [-0.1, -0.05) is 54.6 Å². The van der Waals surface area contributed by atoms with Gasteiger partial charge in [-0.3, -0.25) is 0 Å². The van der Waals surface area contributed by atoms with Crippen molar-refractivity contribution in [1.82, 2.24) is 0 Å². The molecule has 2 nitrogen and oxygen atoms in total. The quantitative estimate of drug-likeness (QED) is 0.700. The van der Waals surface area contributed by atoms with Gasteiger partial charge in [-0.15, -0.1) is 0 Å². The summed E-state index contributed by atoms with van der Waals surface area (Å²) in [5, 5.41) is 11.3. The number of aromatic hydroxyl groups is 1. The van der Waals surface area contributed by atoms with Crippen LogP contribution in [0.3, 0.4) is 0 Å². The highest BCUT2D eigenvalue weighted by atomic mass is 16.5. The Hall–Kier alpha value is -2.48. The monoisotopic (exact) mass is 266 g/mol. The van der Waals surface area contributed by atoms with Crippen molar-refractivity contribution in [3.05, 3.63) is 72.3 Å². The van der Waals surface area contributed by atoms with E-state index in [4.69, 9.17) is 9.84 Å². The minimum Gasteiger partial charge on any atom is -0.508 e. The molecule has 0 aromatic heterocycles. The molecule has 0 atom stereocenters. The first-order valence-corrected chi connectivity index (χ1v) is 6.48. The van der Waals surface area contributed by atoms with Crippen molar-refractivity contribution < 1.29 is 9.84 Å². The maximum absolute atomic E-state index is 8.92. The Kier molecular flexibility index (Phi) is 4.61. The van der Waals surface area contributed by atoms with Gasteiger partial charge in [-0.2, -0.15) is 0 Å². The zero-order valence-corrected chi connectivity index (χ0v) is 11.7. The second-order valence-electron chi connectivity index (χ2n) is 4.47. The average molecular weight is 266 g/mol. The van der Waals surface area contributed by atoms with Gasteiger partial charge in [0.25, 0.3) is 0 Å². The molecule has 0 aliphatic carbocycles. The fourth-order valence-corrected chi connectivity index (χ4v) is 1.94. The summed E-state index contributed by atoms with van der Waals surface area (Å²) in [6.45, 7) is 1.87. The Morgan fingerprint density at radius 2 is 1.45 bits per heavy atom. The molecule has 0 unspecified atom stereocenters. The van der Waals surface area contributed by atoms with Gasteiger partial charge in [0.1, 0.15) is 11.5 Å². The lowest BCUT2D eigenvalue weighted by Gasteiger charge is -2.03. The van der Waals surface area contributed by atoms with Crippen molar-refractivity contribution in [2.24, 2.45) is 0 Å². The largest absolute Gasteiger partial charge is 0.508 e. The summed E-state index contributed by atoms with van der Waals surface area (Å²) in [7, 11) is 1.70. The normalized spacial score (nSPS) is 9.70. The van der Waals surface area contributed by atoms with Gasteiger partial charge in [-0.25, -0.2) is 0 Å². The summed E-state index contributed by atoms with van der Waals surface area (Å²) in [4.78, 5) is 0. The SMILES string of the molecule is COc1cccc2ccccc12.Cc1ccccc1O. The van der Waals surface area contributed by atoms with E-state index in [0.29, 0.717) is 5.75 Å². The molecule has 0 fully saturated rings. The Labute approximate surface area is 119 Å². The fraction of sp³-hybridized carbons (Fsp3) is 0.111. The molecule has 0 amide bonds. The van der Waals surface area contributed by atoms with Gasteiger partial charge in [0.05, 0.1) is 7.11 Å². The number of methoxy groups -OCH3 is 1. The number of fused-ring (bicyclic) bond motifs is 1. The zero-order chi connectivity index (χ0) is 14.4. The summed E-state index contributed by atoms with van der Waals surface area (Å²) >= 11 is 0. The third kappa shape index (κ3) is 3.29. The number of rotatable bonds is 1. The molecule has 0 bridgehead atoms. The lowest BCUT2D eigenvalue weighted by atomic mass is 10.1. The van der Waals surface area contributed by atoms with Crippen LogP contribution in [0.1, 0.15) is 5.56 Å². The van der Waals surface area contributed by atoms with Crippen LogP contribution in [0.25, 0.3) is 10.8 Å². The van der Waals surface area contributed by atoms with Gasteiger partial charge in [-0.05, 0) is 30.0 Å². The van der Waals surface area contributed by atoms with Crippen molar-refractivity contribution in [2.75, 3.05) is 7.11 Å². The van der Waals surface area contributed by atoms with Crippen molar-refractivity contribution in [3.63, 3.8) is 0 Å². The van der Waals surface area contributed by atoms with E-state index in [1.54, 1.807) is 13.2 Å². The number of benzene rings is 3. The van der Waals surface area contributed by atoms with Crippen LogP contribution >= 0.6 is 0 Å². The van der Waals surface area contributed by atoms with E-state index in [0.717, 1.165) is 11.3 Å². The van der Waals surface area contributed by atoms with Gasteiger partial charge in [0, 0.05) is 5.39 Å². The third-order valence-corrected chi connectivity index (χ3v) is 3.08. The predicted octanol–water partition coefficient (Wildman–Crippen LogP) is 4.55. The van der Waals surface area contributed by atoms with Crippen LogP contribution in [0.15, 0.2) is 66.7 Å². The first-order valence-electron chi connectivity index (χ1n) is 6.48. The molecular weight excluding hydrogens is 248 g/mol. The van der Waals surface area contributed by atoms with E-state index in [1.807, 2.05) is 49.4 Å². The van der Waals surface area contributed by atoms with Crippen LogP contribution in [0.2, 0.25) is 0 Å². The van der Waals surface area contributed by atoms with Gasteiger partial charge >= 0.3 is 0 Å². The zero-order valence-electron chi connectivity index (χ0n) is 11.7. The third-order valence-electron chi connectivity index (χ3n) is 3.08. The number of hydrogen-bond acceptors (Lipinski definition) is 2. The Morgan fingerprint density at radius 3 is 2.10 bits per heavy atom. The molecule has 20 heavy (non-hydrogen) atoms. The molecule has 0 spiro atoms.